The summed E-state index contributed by atoms with van der Waals surface area (Å²) in [5, 5.41) is 3.97. The Balaban J connectivity index is 1.56. The Morgan fingerprint density at radius 2 is 1.96 bits per heavy atom. The molecule has 2 aliphatic rings. The van der Waals surface area contributed by atoms with Crippen molar-refractivity contribution in [2.24, 2.45) is 5.92 Å². The van der Waals surface area contributed by atoms with Crippen molar-refractivity contribution in [1.82, 2.24) is 15.0 Å². The Morgan fingerprint density at radius 3 is 2.60 bits per heavy atom. The van der Waals surface area contributed by atoms with Crippen molar-refractivity contribution in [2.75, 3.05) is 24.6 Å². The SMILES string of the molecule is CCC(CC1CCCC1)c1nc(CC(=O)N2CCS(=O)(=O)CC2)no1. The van der Waals surface area contributed by atoms with Gasteiger partial charge in [0.2, 0.25) is 11.8 Å². The molecule has 2 heterocycles. The molecule has 8 heteroatoms. The van der Waals surface area contributed by atoms with Gasteiger partial charge in [0.05, 0.1) is 17.9 Å². The lowest BCUT2D eigenvalue weighted by atomic mass is 9.91. The van der Waals surface area contributed by atoms with Crippen LogP contribution in [0.2, 0.25) is 0 Å². The fourth-order valence-electron chi connectivity index (χ4n) is 3.80. The molecule has 1 aliphatic heterocycles. The standard InChI is InChI=1S/C17H27N3O4S/c1-2-14(11-13-5-3-4-6-13)17-18-15(19-24-17)12-16(21)20-7-9-25(22,23)10-8-20/h13-14H,2-12H2,1H3. The highest BCUT2D eigenvalue weighted by molar-refractivity contribution is 7.91. The number of carbonyl (C=O) groups is 1. The van der Waals surface area contributed by atoms with Crippen LogP contribution in [0, 0.1) is 5.92 Å². The van der Waals surface area contributed by atoms with Crippen LogP contribution in [-0.2, 0) is 21.1 Å². The highest BCUT2D eigenvalue weighted by Crippen LogP contribution is 2.35. The Hall–Kier alpha value is -1.44. The predicted octanol–water partition coefficient (Wildman–Crippen LogP) is 1.94. The molecule has 3 rings (SSSR count). The van der Waals surface area contributed by atoms with Gasteiger partial charge < -0.3 is 9.42 Å². The summed E-state index contributed by atoms with van der Waals surface area (Å²) in [7, 11) is -2.99. The molecule has 2 fully saturated rings. The summed E-state index contributed by atoms with van der Waals surface area (Å²) in [5.41, 5.74) is 0. The molecule has 1 saturated carbocycles. The molecule has 1 unspecified atom stereocenters. The molecule has 1 saturated heterocycles. The molecule has 0 spiro atoms. The number of aromatic nitrogens is 2. The number of hydrogen-bond acceptors (Lipinski definition) is 6. The Morgan fingerprint density at radius 1 is 1.28 bits per heavy atom. The normalized spacial score (nSPS) is 22.2. The molecular weight excluding hydrogens is 342 g/mol. The third-order valence-electron chi connectivity index (χ3n) is 5.42. The molecule has 0 radical (unpaired) electrons. The van der Waals surface area contributed by atoms with E-state index in [4.69, 9.17) is 4.52 Å². The molecule has 1 atom stereocenters. The topological polar surface area (TPSA) is 93.4 Å². The number of hydrogen-bond donors (Lipinski definition) is 0. The van der Waals surface area contributed by atoms with Crippen molar-refractivity contribution in [1.29, 1.82) is 0 Å². The van der Waals surface area contributed by atoms with Crippen LogP contribution < -0.4 is 0 Å². The first-order valence-corrected chi connectivity index (χ1v) is 11.1. The van der Waals surface area contributed by atoms with Gasteiger partial charge in [0, 0.05) is 19.0 Å². The number of rotatable bonds is 6. The highest BCUT2D eigenvalue weighted by atomic mass is 32.2. The largest absolute Gasteiger partial charge is 0.340 e. The van der Waals surface area contributed by atoms with E-state index in [2.05, 4.69) is 17.1 Å². The molecule has 0 N–H and O–H groups in total. The lowest BCUT2D eigenvalue weighted by Crippen LogP contribution is -2.44. The summed E-state index contributed by atoms with van der Waals surface area (Å²) in [5.74, 6) is 1.99. The van der Waals surface area contributed by atoms with E-state index >= 15 is 0 Å². The molecule has 25 heavy (non-hydrogen) atoms. The number of amides is 1. The minimum Gasteiger partial charge on any atom is -0.340 e. The van der Waals surface area contributed by atoms with Gasteiger partial charge in [-0.05, 0) is 18.8 Å². The van der Waals surface area contributed by atoms with Crippen LogP contribution in [0.25, 0.3) is 0 Å². The van der Waals surface area contributed by atoms with Crippen LogP contribution in [-0.4, -0.2) is 54.0 Å². The monoisotopic (exact) mass is 369 g/mol. The second kappa shape index (κ2) is 7.85. The third kappa shape index (κ3) is 4.80. The highest BCUT2D eigenvalue weighted by Gasteiger charge is 2.27. The van der Waals surface area contributed by atoms with Crippen molar-refractivity contribution in [3.8, 4) is 0 Å². The fourth-order valence-corrected chi connectivity index (χ4v) is 5.01. The predicted molar refractivity (Wildman–Crippen MR) is 92.8 cm³/mol. The van der Waals surface area contributed by atoms with E-state index in [9.17, 15) is 13.2 Å². The van der Waals surface area contributed by atoms with Crippen molar-refractivity contribution in [2.45, 2.75) is 57.8 Å². The third-order valence-corrected chi connectivity index (χ3v) is 7.03. The molecule has 7 nitrogen and oxygen atoms in total. The molecule has 1 aromatic rings. The van der Waals surface area contributed by atoms with E-state index in [0.29, 0.717) is 11.7 Å². The minimum absolute atomic E-state index is 0.0372. The smallest absolute Gasteiger partial charge is 0.230 e. The summed E-state index contributed by atoms with van der Waals surface area (Å²) >= 11 is 0. The van der Waals surface area contributed by atoms with Gasteiger partial charge >= 0.3 is 0 Å². The molecule has 0 aromatic carbocycles. The van der Waals surface area contributed by atoms with Crippen LogP contribution in [0.15, 0.2) is 4.52 Å². The van der Waals surface area contributed by atoms with Gasteiger partial charge in [-0.25, -0.2) is 8.42 Å². The van der Waals surface area contributed by atoms with E-state index in [1.54, 1.807) is 4.90 Å². The summed E-state index contributed by atoms with van der Waals surface area (Å²) in [4.78, 5) is 18.3. The quantitative estimate of drug-likeness (QED) is 0.761. The number of nitrogens with zero attached hydrogens (tertiary/aromatic N) is 3. The van der Waals surface area contributed by atoms with E-state index in [1.165, 1.54) is 25.7 Å². The zero-order valence-corrected chi connectivity index (χ0v) is 15.6. The van der Waals surface area contributed by atoms with Gasteiger partial charge in [-0.3, -0.25) is 4.79 Å². The summed E-state index contributed by atoms with van der Waals surface area (Å²) in [6.07, 6.45) is 7.31. The zero-order chi connectivity index (χ0) is 17.9. The zero-order valence-electron chi connectivity index (χ0n) is 14.8. The fraction of sp³-hybridized carbons (Fsp3) is 0.824. The lowest BCUT2D eigenvalue weighted by molar-refractivity contribution is -0.130. The van der Waals surface area contributed by atoms with Crippen molar-refractivity contribution in [3.63, 3.8) is 0 Å². The van der Waals surface area contributed by atoms with Crippen LogP contribution in [0.4, 0.5) is 0 Å². The molecule has 0 bridgehead atoms. The summed E-state index contributed by atoms with van der Waals surface area (Å²) in [6.45, 7) is 2.64. The second-order valence-corrected chi connectivity index (χ2v) is 9.55. The summed E-state index contributed by atoms with van der Waals surface area (Å²) in [6, 6.07) is 0. The Kier molecular flexibility index (Phi) is 5.76. The maximum atomic E-state index is 12.3. The molecular formula is C17H27N3O4S. The van der Waals surface area contributed by atoms with Crippen molar-refractivity contribution in [3.05, 3.63) is 11.7 Å². The van der Waals surface area contributed by atoms with E-state index in [1.807, 2.05) is 0 Å². The second-order valence-electron chi connectivity index (χ2n) is 7.25. The van der Waals surface area contributed by atoms with Crippen molar-refractivity contribution < 1.29 is 17.7 Å². The first-order valence-electron chi connectivity index (χ1n) is 9.27. The van der Waals surface area contributed by atoms with Gasteiger partial charge in [0.25, 0.3) is 0 Å². The van der Waals surface area contributed by atoms with Gasteiger partial charge in [0.15, 0.2) is 15.7 Å². The first kappa shape index (κ1) is 18.4. The molecule has 1 amide bonds. The maximum Gasteiger partial charge on any atom is 0.230 e. The summed E-state index contributed by atoms with van der Waals surface area (Å²) < 4.78 is 28.3. The van der Waals surface area contributed by atoms with Gasteiger partial charge in [-0.1, -0.05) is 37.8 Å². The van der Waals surface area contributed by atoms with Gasteiger partial charge in [-0.15, -0.1) is 0 Å². The minimum atomic E-state index is -2.99. The molecule has 1 aliphatic carbocycles. The number of sulfone groups is 1. The molecule has 140 valence electrons. The Bertz CT molecular complexity index is 681. The van der Waals surface area contributed by atoms with Crippen LogP contribution in [0.3, 0.4) is 0 Å². The number of carbonyl (C=O) groups excluding carboxylic acids is 1. The Labute approximate surface area is 149 Å². The van der Waals surface area contributed by atoms with E-state index in [0.717, 1.165) is 18.8 Å². The van der Waals surface area contributed by atoms with Crippen molar-refractivity contribution >= 4 is 15.7 Å². The van der Waals surface area contributed by atoms with Crippen LogP contribution >= 0.6 is 0 Å². The van der Waals surface area contributed by atoms with Gasteiger partial charge in [-0.2, -0.15) is 4.98 Å². The average molecular weight is 369 g/mol. The lowest BCUT2D eigenvalue weighted by Gasteiger charge is -2.26. The average Bonchev–Trinajstić information content (AvgIpc) is 3.24. The van der Waals surface area contributed by atoms with Crippen LogP contribution in [0.5, 0.6) is 0 Å². The molecule has 1 aromatic heterocycles. The first-order chi connectivity index (χ1) is 12.0. The van der Waals surface area contributed by atoms with E-state index < -0.39 is 9.84 Å². The van der Waals surface area contributed by atoms with Gasteiger partial charge in [0.1, 0.15) is 0 Å². The van der Waals surface area contributed by atoms with Crippen LogP contribution in [0.1, 0.15) is 63.1 Å². The van der Waals surface area contributed by atoms with E-state index in [-0.39, 0.29) is 42.8 Å². The maximum absolute atomic E-state index is 12.3.